The Morgan fingerprint density at radius 1 is 1.29 bits per heavy atom. The molecule has 86 valence electrons. The first kappa shape index (κ1) is 10.2. The Morgan fingerprint density at radius 2 is 2.18 bits per heavy atom. The lowest BCUT2D eigenvalue weighted by Crippen LogP contribution is -1.81. The molecule has 0 spiro atoms. The van der Waals surface area contributed by atoms with Crippen LogP contribution in [0.15, 0.2) is 34.7 Å². The number of hydrogen-bond acceptors (Lipinski definition) is 3. The summed E-state index contributed by atoms with van der Waals surface area (Å²) in [4.78, 5) is 7.56. The molecule has 5 heteroatoms. The zero-order valence-corrected chi connectivity index (χ0v) is 9.78. The Balaban J connectivity index is 2.13. The van der Waals surface area contributed by atoms with E-state index in [1.807, 2.05) is 18.2 Å². The Labute approximate surface area is 102 Å². The van der Waals surface area contributed by atoms with E-state index in [0.717, 1.165) is 16.8 Å². The monoisotopic (exact) mass is 248 g/mol. The van der Waals surface area contributed by atoms with E-state index in [4.69, 9.17) is 20.8 Å². The minimum Gasteiger partial charge on any atom is -0.497 e. The molecule has 4 nitrogen and oxygen atoms in total. The second kappa shape index (κ2) is 3.82. The summed E-state index contributed by atoms with van der Waals surface area (Å²) in [5.41, 5.74) is 1.75. The number of halogens is 1. The van der Waals surface area contributed by atoms with Gasteiger partial charge in [0.25, 0.3) is 0 Å². The molecular weight excluding hydrogens is 240 g/mol. The lowest BCUT2D eigenvalue weighted by molar-refractivity contribution is 0.415. The van der Waals surface area contributed by atoms with Crippen molar-refractivity contribution >= 4 is 22.6 Å². The zero-order valence-electron chi connectivity index (χ0n) is 9.03. The van der Waals surface area contributed by atoms with Gasteiger partial charge in [0, 0.05) is 6.07 Å². The van der Waals surface area contributed by atoms with Crippen LogP contribution in [0.25, 0.3) is 22.6 Å². The average molecular weight is 249 g/mol. The van der Waals surface area contributed by atoms with Crippen LogP contribution in [0.5, 0.6) is 5.75 Å². The molecule has 0 aliphatic rings. The van der Waals surface area contributed by atoms with Crippen molar-refractivity contribution in [3.63, 3.8) is 0 Å². The summed E-state index contributed by atoms with van der Waals surface area (Å²) in [7, 11) is 1.63. The van der Waals surface area contributed by atoms with E-state index in [9.17, 15) is 0 Å². The zero-order chi connectivity index (χ0) is 11.8. The number of rotatable bonds is 2. The maximum Gasteiger partial charge on any atom is 0.194 e. The number of hydrogen-bond donors (Lipinski definition) is 1. The Hall–Kier alpha value is -1.94. The predicted octanol–water partition coefficient (Wildman–Crippen LogP) is 3.48. The molecule has 17 heavy (non-hydrogen) atoms. The van der Waals surface area contributed by atoms with Gasteiger partial charge in [0.2, 0.25) is 0 Å². The van der Waals surface area contributed by atoms with E-state index < -0.39 is 0 Å². The number of nitrogens with zero attached hydrogens (tertiary/aromatic N) is 1. The first-order valence-electron chi connectivity index (χ1n) is 5.06. The first-order valence-corrected chi connectivity index (χ1v) is 5.43. The third-order valence-corrected chi connectivity index (χ3v) is 2.70. The highest BCUT2D eigenvalue weighted by Gasteiger charge is 2.09. The smallest absolute Gasteiger partial charge is 0.194 e. The van der Waals surface area contributed by atoms with E-state index in [2.05, 4.69) is 9.97 Å². The minimum absolute atomic E-state index is 0.345. The Bertz CT molecular complexity index is 672. The number of ether oxygens (including phenoxy) is 1. The van der Waals surface area contributed by atoms with Crippen molar-refractivity contribution in [2.45, 2.75) is 0 Å². The maximum absolute atomic E-state index is 5.73. The van der Waals surface area contributed by atoms with E-state index >= 15 is 0 Å². The summed E-state index contributed by atoms with van der Waals surface area (Å²) in [6.07, 6.45) is 0. The number of furan rings is 1. The molecule has 0 unspecified atom stereocenters. The van der Waals surface area contributed by atoms with E-state index in [1.54, 1.807) is 19.2 Å². The van der Waals surface area contributed by atoms with Crippen LogP contribution in [0.2, 0.25) is 5.22 Å². The molecule has 0 atom stereocenters. The summed E-state index contributed by atoms with van der Waals surface area (Å²) in [5.74, 6) is 2.05. The van der Waals surface area contributed by atoms with Gasteiger partial charge in [-0.25, -0.2) is 4.98 Å². The minimum atomic E-state index is 0.345. The summed E-state index contributed by atoms with van der Waals surface area (Å²) >= 11 is 5.73. The highest BCUT2D eigenvalue weighted by Crippen LogP contribution is 2.26. The molecule has 0 aliphatic heterocycles. The molecule has 0 fully saturated rings. The van der Waals surface area contributed by atoms with Gasteiger partial charge < -0.3 is 14.1 Å². The van der Waals surface area contributed by atoms with Crippen molar-refractivity contribution in [2.75, 3.05) is 7.11 Å². The van der Waals surface area contributed by atoms with Crippen LogP contribution in [0.3, 0.4) is 0 Å². The Morgan fingerprint density at radius 3 is 2.88 bits per heavy atom. The van der Waals surface area contributed by atoms with Gasteiger partial charge >= 0.3 is 0 Å². The van der Waals surface area contributed by atoms with Gasteiger partial charge in [-0.05, 0) is 35.9 Å². The van der Waals surface area contributed by atoms with Crippen LogP contribution in [0, 0.1) is 0 Å². The molecule has 3 aromatic rings. The van der Waals surface area contributed by atoms with Crippen LogP contribution in [0.1, 0.15) is 0 Å². The van der Waals surface area contributed by atoms with Gasteiger partial charge in [-0.1, -0.05) is 0 Å². The molecule has 1 N–H and O–H groups in total. The second-order valence-corrected chi connectivity index (χ2v) is 3.94. The van der Waals surface area contributed by atoms with Crippen molar-refractivity contribution in [1.29, 1.82) is 0 Å². The fraction of sp³-hybridized carbons (Fsp3) is 0.0833. The molecule has 1 aromatic carbocycles. The fourth-order valence-corrected chi connectivity index (χ4v) is 1.82. The number of benzene rings is 1. The normalized spacial score (nSPS) is 10.9. The van der Waals surface area contributed by atoms with Crippen LogP contribution < -0.4 is 4.74 Å². The van der Waals surface area contributed by atoms with Crippen molar-refractivity contribution in [3.8, 4) is 17.3 Å². The summed E-state index contributed by atoms with van der Waals surface area (Å²) < 4.78 is 10.4. The van der Waals surface area contributed by atoms with E-state index in [1.165, 1.54) is 0 Å². The largest absolute Gasteiger partial charge is 0.497 e. The van der Waals surface area contributed by atoms with E-state index in [0.29, 0.717) is 16.8 Å². The van der Waals surface area contributed by atoms with Gasteiger partial charge in [0.1, 0.15) is 5.75 Å². The number of nitrogens with one attached hydrogen (secondary N) is 1. The Kier molecular flexibility index (Phi) is 2.30. The maximum atomic E-state index is 5.73. The lowest BCUT2D eigenvalue weighted by atomic mass is 10.3. The third kappa shape index (κ3) is 1.76. The molecule has 3 rings (SSSR count). The van der Waals surface area contributed by atoms with Crippen LogP contribution in [-0.2, 0) is 0 Å². The molecule has 0 aliphatic carbocycles. The molecule has 0 radical (unpaired) electrons. The predicted molar refractivity (Wildman–Crippen MR) is 65.4 cm³/mol. The highest BCUT2D eigenvalue weighted by atomic mass is 35.5. The van der Waals surface area contributed by atoms with Gasteiger partial charge in [0.05, 0.1) is 18.1 Å². The molecular formula is C12H9ClN2O2. The van der Waals surface area contributed by atoms with Crippen molar-refractivity contribution in [2.24, 2.45) is 0 Å². The summed E-state index contributed by atoms with van der Waals surface area (Å²) in [6, 6.07) is 9.10. The summed E-state index contributed by atoms with van der Waals surface area (Å²) in [6.45, 7) is 0. The second-order valence-electron chi connectivity index (χ2n) is 3.57. The van der Waals surface area contributed by atoms with Crippen LogP contribution in [0.4, 0.5) is 0 Å². The van der Waals surface area contributed by atoms with Crippen LogP contribution in [-0.4, -0.2) is 17.1 Å². The van der Waals surface area contributed by atoms with E-state index in [-0.39, 0.29) is 0 Å². The third-order valence-electron chi connectivity index (χ3n) is 2.50. The number of methoxy groups -OCH3 is 1. The van der Waals surface area contributed by atoms with Crippen molar-refractivity contribution < 1.29 is 9.15 Å². The average Bonchev–Trinajstić information content (AvgIpc) is 2.93. The van der Waals surface area contributed by atoms with Crippen molar-refractivity contribution in [1.82, 2.24) is 9.97 Å². The molecule has 2 heterocycles. The van der Waals surface area contributed by atoms with Gasteiger partial charge in [0.15, 0.2) is 16.8 Å². The number of aromatic amines is 1. The van der Waals surface area contributed by atoms with Gasteiger partial charge in [-0.15, -0.1) is 0 Å². The first-order chi connectivity index (χ1) is 8.26. The molecule has 0 amide bonds. The molecule has 0 saturated heterocycles. The van der Waals surface area contributed by atoms with Crippen LogP contribution >= 0.6 is 11.6 Å². The van der Waals surface area contributed by atoms with Gasteiger partial charge in [-0.2, -0.15) is 0 Å². The molecule has 0 bridgehead atoms. The lowest BCUT2D eigenvalue weighted by Gasteiger charge is -1.96. The number of aromatic nitrogens is 2. The number of fused-ring (bicyclic) bond motifs is 1. The number of H-pyrrole nitrogens is 1. The van der Waals surface area contributed by atoms with Gasteiger partial charge in [-0.3, -0.25) is 0 Å². The SMILES string of the molecule is COc1ccc2nc(-c3ccc(Cl)o3)[nH]c2c1. The molecule has 0 saturated carbocycles. The molecule has 2 aromatic heterocycles. The topological polar surface area (TPSA) is 51.1 Å². The quantitative estimate of drug-likeness (QED) is 0.755. The highest BCUT2D eigenvalue weighted by molar-refractivity contribution is 6.28. The summed E-state index contributed by atoms with van der Waals surface area (Å²) in [5, 5.41) is 0.345. The fourth-order valence-electron chi connectivity index (χ4n) is 1.67. The van der Waals surface area contributed by atoms with Crippen molar-refractivity contribution in [3.05, 3.63) is 35.6 Å². The standard InChI is InChI=1S/C12H9ClN2O2/c1-16-7-2-3-8-9(6-7)15-12(14-8)10-4-5-11(13)17-10/h2-6H,1H3,(H,14,15). The number of imidazole rings is 1.